The number of aromatic nitrogens is 1. The Labute approximate surface area is 148 Å². The first-order valence-corrected chi connectivity index (χ1v) is 9.15. The van der Waals surface area contributed by atoms with Crippen molar-refractivity contribution in [3.8, 4) is 0 Å². The van der Waals surface area contributed by atoms with Crippen molar-refractivity contribution in [1.82, 2.24) is 15.2 Å². The number of piperidine rings is 2. The van der Waals surface area contributed by atoms with Gasteiger partial charge in [0.15, 0.2) is 0 Å². The van der Waals surface area contributed by atoms with Crippen molar-refractivity contribution in [2.75, 3.05) is 31.1 Å². The molecule has 3 rings (SSSR count). The number of rotatable bonds is 4. The minimum atomic E-state index is -0.264. The number of pyridine rings is 1. The number of primary amides is 1. The summed E-state index contributed by atoms with van der Waals surface area (Å²) >= 11 is 0. The highest BCUT2D eigenvalue weighted by atomic mass is 16.2. The first-order chi connectivity index (χ1) is 12.1. The summed E-state index contributed by atoms with van der Waals surface area (Å²) in [6, 6.07) is 3.96. The number of nitrogens with two attached hydrogens (primary N) is 1. The van der Waals surface area contributed by atoms with E-state index in [0.29, 0.717) is 32.5 Å². The SMILES string of the molecule is NC(=O)C1CCN(C(=O)NCc2ccc(N3CCCCC3)nc2)CC1. The molecule has 0 atom stereocenters. The first kappa shape index (κ1) is 17.5. The average molecular weight is 345 g/mol. The van der Waals surface area contributed by atoms with E-state index in [1.807, 2.05) is 18.3 Å². The highest BCUT2D eigenvalue weighted by Gasteiger charge is 2.25. The lowest BCUT2D eigenvalue weighted by atomic mass is 9.96. The third-order valence-electron chi connectivity index (χ3n) is 5.12. The van der Waals surface area contributed by atoms with Crippen LogP contribution in [0.5, 0.6) is 0 Å². The van der Waals surface area contributed by atoms with Gasteiger partial charge in [-0.2, -0.15) is 0 Å². The molecule has 25 heavy (non-hydrogen) atoms. The fourth-order valence-corrected chi connectivity index (χ4v) is 3.49. The molecular formula is C18H27N5O2. The van der Waals surface area contributed by atoms with Crippen LogP contribution in [0.1, 0.15) is 37.7 Å². The van der Waals surface area contributed by atoms with Crippen LogP contribution in [0.15, 0.2) is 18.3 Å². The van der Waals surface area contributed by atoms with Crippen LogP contribution in [0.2, 0.25) is 0 Å². The number of nitrogens with one attached hydrogen (secondary N) is 1. The van der Waals surface area contributed by atoms with Gasteiger partial charge in [-0.25, -0.2) is 9.78 Å². The predicted molar refractivity (Wildman–Crippen MR) is 96.0 cm³/mol. The third kappa shape index (κ3) is 4.61. The molecule has 0 bridgehead atoms. The van der Waals surface area contributed by atoms with Crippen molar-refractivity contribution in [1.29, 1.82) is 0 Å². The van der Waals surface area contributed by atoms with Gasteiger partial charge in [-0.3, -0.25) is 4.79 Å². The molecule has 0 spiro atoms. The molecule has 3 N–H and O–H groups in total. The fraction of sp³-hybridized carbons (Fsp3) is 0.611. The van der Waals surface area contributed by atoms with Gasteiger partial charge >= 0.3 is 6.03 Å². The van der Waals surface area contributed by atoms with Crippen LogP contribution >= 0.6 is 0 Å². The van der Waals surface area contributed by atoms with E-state index in [0.717, 1.165) is 24.5 Å². The minimum Gasteiger partial charge on any atom is -0.369 e. The van der Waals surface area contributed by atoms with Crippen LogP contribution in [-0.2, 0) is 11.3 Å². The largest absolute Gasteiger partial charge is 0.369 e. The maximum absolute atomic E-state index is 12.2. The van der Waals surface area contributed by atoms with E-state index in [-0.39, 0.29) is 17.9 Å². The normalized spacial score (nSPS) is 18.9. The summed E-state index contributed by atoms with van der Waals surface area (Å²) in [6.07, 6.45) is 6.89. The molecule has 2 saturated heterocycles. The van der Waals surface area contributed by atoms with Gasteiger partial charge in [-0.1, -0.05) is 6.07 Å². The van der Waals surface area contributed by atoms with Gasteiger partial charge in [0, 0.05) is 44.8 Å². The lowest BCUT2D eigenvalue weighted by molar-refractivity contribution is -0.123. The van der Waals surface area contributed by atoms with E-state index in [1.54, 1.807) is 4.90 Å². The van der Waals surface area contributed by atoms with Gasteiger partial charge in [0.05, 0.1) is 0 Å². The van der Waals surface area contributed by atoms with Crippen LogP contribution in [0, 0.1) is 5.92 Å². The Hall–Kier alpha value is -2.31. The van der Waals surface area contributed by atoms with E-state index >= 15 is 0 Å². The van der Waals surface area contributed by atoms with Crippen molar-refractivity contribution < 1.29 is 9.59 Å². The van der Waals surface area contributed by atoms with E-state index in [1.165, 1.54) is 19.3 Å². The van der Waals surface area contributed by atoms with E-state index in [9.17, 15) is 9.59 Å². The Morgan fingerprint density at radius 1 is 1.12 bits per heavy atom. The molecule has 1 aromatic rings. The second-order valence-corrected chi connectivity index (χ2v) is 6.89. The fourth-order valence-electron chi connectivity index (χ4n) is 3.49. The number of likely N-dealkylation sites (tertiary alicyclic amines) is 1. The van der Waals surface area contributed by atoms with Crippen molar-refractivity contribution in [3.05, 3.63) is 23.9 Å². The average Bonchev–Trinajstić information content (AvgIpc) is 2.67. The Morgan fingerprint density at radius 2 is 1.84 bits per heavy atom. The van der Waals surface area contributed by atoms with Crippen molar-refractivity contribution in [2.45, 2.75) is 38.6 Å². The Morgan fingerprint density at radius 3 is 2.44 bits per heavy atom. The van der Waals surface area contributed by atoms with Crippen molar-refractivity contribution in [2.24, 2.45) is 11.7 Å². The smallest absolute Gasteiger partial charge is 0.317 e. The molecule has 3 amide bonds. The number of hydrogen-bond acceptors (Lipinski definition) is 4. The molecule has 2 aliphatic rings. The quantitative estimate of drug-likeness (QED) is 0.865. The number of hydrogen-bond donors (Lipinski definition) is 2. The third-order valence-corrected chi connectivity index (χ3v) is 5.12. The van der Waals surface area contributed by atoms with Crippen LogP contribution in [-0.4, -0.2) is 48.0 Å². The number of amides is 3. The highest BCUT2D eigenvalue weighted by molar-refractivity contribution is 5.78. The van der Waals surface area contributed by atoms with E-state index in [2.05, 4.69) is 15.2 Å². The van der Waals surface area contributed by atoms with Gasteiger partial charge in [0.1, 0.15) is 5.82 Å². The summed E-state index contributed by atoms with van der Waals surface area (Å²) in [5.41, 5.74) is 6.31. The Kier molecular flexibility index (Phi) is 5.73. The molecule has 7 nitrogen and oxygen atoms in total. The minimum absolute atomic E-state index is 0.0944. The molecule has 2 fully saturated rings. The summed E-state index contributed by atoms with van der Waals surface area (Å²) in [4.78, 5) is 32.0. The number of anilines is 1. The van der Waals surface area contributed by atoms with E-state index in [4.69, 9.17) is 5.73 Å². The second kappa shape index (κ2) is 8.18. The van der Waals surface area contributed by atoms with Gasteiger partial charge in [-0.15, -0.1) is 0 Å². The molecule has 136 valence electrons. The first-order valence-electron chi connectivity index (χ1n) is 9.15. The molecule has 2 aliphatic heterocycles. The standard InChI is InChI=1S/C18H27N5O2/c19-17(24)15-6-10-23(11-7-15)18(25)21-13-14-4-5-16(20-12-14)22-8-2-1-3-9-22/h4-5,12,15H,1-3,6-11,13H2,(H2,19,24)(H,21,25). The zero-order chi connectivity index (χ0) is 17.6. The summed E-state index contributed by atoms with van der Waals surface area (Å²) in [5, 5.41) is 2.93. The molecule has 1 aromatic heterocycles. The monoisotopic (exact) mass is 345 g/mol. The number of nitrogens with zero attached hydrogens (tertiary/aromatic N) is 3. The number of carbonyl (C=O) groups is 2. The topological polar surface area (TPSA) is 91.6 Å². The lowest BCUT2D eigenvalue weighted by Crippen LogP contribution is -2.46. The Bertz CT molecular complexity index is 590. The van der Waals surface area contributed by atoms with Crippen LogP contribution < -0.4 is 16.0 Å². The predicted octanol–water partition coefficient (Wildman–Crippen LogP) is 1.48. The molecule has 0 aromatic carbocycles. The van der Waals surface area contributed by atoms with Gasteiger partial charge in [0.2, 0.25) is 5.91 Å². The van der Waals surface area contributed by atoms with Crippen molar-refractivity contribution >= 4 is 17.8 Å². The second-order valence-electron chi connectivity index (χ2n) is 6.89. The zero-order valence-electron chi connectivity index (χ0n) is 14.6. The number of urea groups is 1. The zero-order valence-corrected chi connectivity index (χ0v) is 14.6. The summed E-state index contributed by atoms with van der Waals surface area (Å²) in [6.45, 7) is 3.76. The lowest BCUT2D eigenvalue weighted by Gasteiger charge is -2.30. The highest BCUT2D eigenvalue weighted by Crippen LogP contribution is 2.18. The molecule has 0 aliphatic carbocycles. The van der Waals surface area contributed by atoms with Gasteiger partial charge < -0.3 is 20.9 Å². The van der Waals surface area contributed by atoms with Crippen LogP contribution in [0.25, 0.3) is 0 Å². The summed E-state index contributed by atoms with van der Waals surface area (Å²) in [5.74, 6) is 0.652. The summed E-state index contributed by atoms with van der Waals surface area (Å²) < 4.78 is 0. The van der Waals surface area contributed by atoms with Crippen LogP contribution in [0.3, 0.4) is 0 Å². The Balaban J connectivity index is 1.45. The molecule has 3 heterocycles. The molecule has 7 heteroatoms. The summed E-state index contributed by atoms with van der Waals surface area (Å²) in [7, 11) is 0. The molecule has 0 saturated carbocycles. The van der Waals surface area contributed by atoms with Gasteiger partial charge in [-0.05, 0) is 43.7 Å². The maximum atomic E-state index is 12.2. The molecule has 0 unspecified atom stereocenters. The molecule has 0 radical (unpaired) electrons. The van der Waals surface area contributed by atoms with E-state index < -0.39 is 0 Å². The maximum Gasteiger partial charge on any atom is 0.317 e. The number of carbonyl (C=O) groups excluding carboxylic acids is 2. The molecular weight excluding hydrogens is 318 g/mol. The van der Waals surface area contributed by atoms with Crippen LogP contribution in [0.4, 0.5) is 10.6 Å². The van der Waals surface area contributed by atoms with Gasteiger partial charge in [0.25, 0.3) is 0 Å². The van der Waals surface area contributed by atoms with Crippen molar-refractivity contribution in [3.63, 3.8) is 0 Å².